The summed E-state index contributed by atoms with van der Waals surface area (Å²) >= 11 is 0. The lowest BCUT2D eigenvalue weighted by Crippen LogP contribution is -2.62. The fourth-order valence-electron chi connectivity index (χ4n) is 15.8. The molecule has 0 amide bonds. The number of rotatable bonds is 8. The number of fused-ring (bicyclic) bond motifs is 3. The smallest absolute Gasteiger partial charge is 0.139 e. The van der Waals surface area contributed by atoms with Crippen molar-refractivity contribution in [2.24, 2.45) is 47.3 Å². The van der Waals surface area contributed by atoms with E-state index in [1.807, 2.05) is 0 Å². The molecule has 2 heterocycles. The molecule has 0 aromatic rings. The predicted octanol–water partition coefficient (Wildman–Crippen LogP) is 11.5. The molecule has 294 valence electrons. The number of hydrogen-bond acceptors (Lipinski definition) is 4. The van der Waals surface area contributed by atoms with E-state index in [0.29, 0.717) is 23.8 Å². The molecule has 5 unspecified atom stereocenters. The van der Waals surface area contributed by atoms with Crippen LogP contribution in [0.15, 0.2) is 0 Å². The number of nitrogens with one attached hydrogen (secondary N) is 1. The van der Waals surface area contributed by atoms with Gasteiger partial charge in [0.25, 0.3) is 0 Å². The largest absolute Gasteiger partial charge is 0.300 e. The molecule has 7 saturated carbocycles. The molecule has 9 aliphatic rings. The minimum atomic E-state index is 0.420. The average Bonchev–Trinajstić information content (AvgIpc) is 3.56. The minimum absolute atomic E-state index is 0.420. The Morgan fingerprint density at radius 2 is 0.904 bits per heavy atom. The van der Waals surface area contributed by atoms with Crippen LogP contribution in [0.2, 0.25) is 0 Å². The van der Waals surface area contributed by atoms with Crippen LogP contribution >= 0.6 is 0 Å². The monoisotopic (exact) mass is 716 g/mol. The summed E-state index contributed by atoms with van der Waals surface area (Å²) in [5, 5.41) is 4.40. The highest BCUT2D eigenvalue weighted by atomic mass is 16.1. The molecule has 2 aliphatic heterocycles. The predicted molar refractivity (Wildman–Crippen MR) is 215 cm³/mol. The molecule has 7 aliphatic carbocycles. The van der Waals surface area contributed by atoms with Gasteiger partial charge < -0.3 is 0 Å². The van der Waals surface area contributed by atoms with Gasteiger partial charge in [-0.2, -0.15) is 0 Å². The maximum absolute atomic E-state index is 13.2. The molecule has 5 atom stereocenters. The minimum Gasteiger partial charge on any atom is -0.300 e. The molecule has 9 fully saturated rings. The van der Waals surface area contributed by atoms with Gasteiger partial charge in [-0.05, 0) is 170 Å². The van der Waals surface area contributed by atoms with E-state index in [2.05, 4.69) is 15.1 Å². The normalized spacial score (nSPS) is 43.6. The summed E-state index contributed by atoms with van der Waals surface area (Å²) in [6.07, 6.45) is 46.5. The third-order valence-electron chi connectivity index (χ3n) is 18.5. The van der Waals surface area contributed by atoms with E-state index in [9.17, 15) is 4.79 Å². The molecule has 52 heavy (non-hydrogen) atoms. The van der Waals surface area contributed by atoms with Crippen LogP contribution in [-0.2, 0) is 4.79 Å². The lowest BCUT2D eigenvalue weighted by molar-refractivity contribution is -0.129. The summed E-state index contributed by atoms with van der Waals surface area (Å²) in [6.45, 7) is 1.27. The zero-order valence-electron chi connectivity index (χ0n) is 33.7. The van der Waals surface area contributed by atoms with Crippen molar-refractivity contribution >= 4 is 5.78 Å². The van der Waals surface area contributed by atoms with Gasteiger partial charge in [-0.3, -0.25) is 19.9 Å². The maximum Gasteiger partial charge on any atom is 0.139 e. The van der Waals surface area contributed by atoms with Gasteiger partial charge in [-0.15, -0.1) is 0 Å². The second-order valence-corrected chi connectivity index (χ2v) is 21.0. The number of Topliss-reactive ketones (excluding diaryl/α,β-unsaturated/α-hetero) is 1. The van der Waals surface area contributed by atoms with E-state index >= 15 is 0 Å². The molecule has 4 nitrogen and oxygen atoms in total. The Morgan fingerprint density at radius 3 is 1.48 bits per heavy atom. The van der Waals surface area contributed by atoms with Gasteiger partial charge in [0.1, 0.15) is 5.78 Å². The molecule has 2 saturated heterocycles. The topological polar surface area (TPSA) is 35.6 Å². The molecule has 0 bridgehead atoms. The third kappa shape index (κ3) is 7.91. The fourth-order valence-corrected chi connectivity index (χ4v) is 15.8. The highest BCUT2D eigenvalue weighted by Crippen LogP contribution is 2.52. The Morgan fingerprint density at radius 1 is 0.442 bits per heavy atom. The van der Waals surface area contributed by atoms with Gasteiger partial charge in [-0.25, -0.2) is 0 Å². The van der Waals surface area contributed by atoms with E-state index in [1.54, 1.807) is 0 Å². The molecule has 0 aromatic heterocycles. The summed E-state index contributed by atoms with van der Waals surface area (Å²) in [7, 11) is 0. The van der Waals surface area contributed by atoms with Crippen LogP contribution in [0, 0.1) is 47.3 Å². The highest BCUT2D eigenvalue weighted by Gasteiger charge is 2.54. The molecule has 4 heteroatoms. The lowest BCUT2D eigenvalue weighted by Gasteiger charge is -2.51. The lowest BCUT2D eigenvalue weighted by atomic mass is 9.64. The number of carbonyl (C=O) groups is 1. The SMILES string of the molecule is O=C(C1CCCCC1)C1CCC(C2CCC(C3CCC(N4C5CCCCC5C5CC(N(C6CCCCC6)C6CCCCC6)CNC54)CC3)CC2)CC1. The van der Waals surface area contributed by atoms with Crippen molar-refractivity contribution in [1.82, 2.24) is 15.1 Å². The van der Waals surface area contributed by atoms with Crippen LogP contribution in [0.3, 0.4) is 0 Å². The molecule has 9 rings (SSSR count). The summed E-state index contributed by atoms with van der Waals surface area (Å²) < 4.78 is 0. The first-order valence-corrected chi connectivity index (χ1v) is 24.5. The first kappa shape index (κ1) is 37.1. The number of ketones is 1. The number of piperidine rings is 1. The summed E-state index contributed by atoms with van der Waals surface area (Å²) in [4.78, 5) is 19.6. The van der Waals surface area contributed by atoms with Crippen molar-refractivity contribution in [2.75, 3.05) is 6.54 Å². The van der Waals surface area contributed by atoms with Crippen molar-refractivity contribution in [3.63, 3.8) is 0 Å². The van der Waals surface area contributed by atoms with Crippen LogP contribution in [0.4, 0.5) is 0 Å². The van der Waals surface area contributed by atoms with Gasteiger partial charge >= 0.3 is 0 Å². The Bertz CT molecular complexity index is 1100. The molecular weight excluding hydrogens is 635 g/mol. The van der Waals surface area contributed by atoms with Crippen molar-refractivity contribution in [1.29, 1.82) is 0 Å². The Kier molecular flexibility index (Phi) is 12.4. The number of nitrogens with zero attached hydrogens (tertiary/aromatic N) is 2. The average molecular weight is 716 g/mol. The first-order valence-electron chi connectivity index (χ1n) is 24.5. The highest BCUT2D eigenvalue weighted by molar-refractivity contribution is 5.83. The second kappa shape index (κ2) is 17.4. The van der Waals surface area contributed by atoms with Gasteiger partial charge in [0.05, 0.1) is 6.17 Å². The van der Waals surface area contributed by atoms with Gasteiger partial charge in [0, 0.05) is 48.6 Å². The first-order chi connectivity index (χ1) is 25.7. The number of hydrogen-bond donors (Lipinski definition) is 1. The van der Waals surface area contributed by atoms with Crippen LogP contribution in [0.5, 0.6) is 0 Å². The zero-order valence-corrected chi connectivity index (χ0v) is 33.7. The van der Waals surface area contributed by atoms with E-state index in [4.69, 9.17) is 0 Å². The van der Waals surface area contributed by atoms with E-state index in [-0.39, 0.29) is 0 Å². The van der Waals surface area contributed by atoms with Crippen molar-refractivity contribution < 1.29 is 4.79 Å². The number of carbonyl (C=O) groups excluding carboxylic acids is 1. The summed E-state index contributed by atoms with van der Waals surface area (Å²) in [6, 6.07) is 4.26. The second-order valence-electron chi connectivity index (χ2n) is 21.0. The Labute approximate surface area is 320 Å². The van der Waals surface area contributed by atoms with Gasteiger partial charge in [0.2, 0.25) is 0 Å². The fraction of sp³-hybridized carbons (Fsp3) is 0.979. The van der Waals surface area contributed by atoms with E-state index in [1.165, 1.54) is 212 Å². The van der Waals surface area contributed by atoms with Crippen molar-refractivity contribution in [3.05, 3.63) is 0 Å². The van der Waals surface area contributed by atoms with Crippen molar-refractivity contribution in [3.8, 4) is 0 Å². The number of likely N-dealkylation sites (tertiary alicyclic amines) is 1. The van der Waals surface area contributed by atoms with Gasteiger partial charge in [-0.1, -0.05) is 70.6 Å². The zero-order chi connectivity index (χ0) is 34.9. The summed E-state index contributed by atoms with van der Waals surface area (Å²) in [5.41, 5.74) is 0. The molecule has 0 spiro atoms. The van der Waals surface area contributed by atoms with E-state index < -0.39 is 0 Å². The van der Waals surface area contributed by atoms with Crippen LogP contribution < -0.4 is 5.32 Å². The summed E-state index contributed by atoms with van der Waals surface area (Å²) in [5.74, 6) is 7.29. The Hall–Kier alpha value is -0.450. The molecule has 0 radical (unpaired) electrons. The Balaban J connectivity index is 0.770. The standard InChI is InChI=1S/C48H81N3O/c52-47(38-12-4-1-5-13-38)39-26-24-36(25-27-39)34-20-22-35(23-21-34)37-28-30-42(31-29-37)51-46-19-11-10-18-44(46)45-32-43(33-49-48(45)51)50(40-14-6-2-7-15-40)41-16-8-3-9-17-41/h34-46,48-49H,1-33H2. The quantitative estimate of drug-likeness (QED) is 0.271. The molecule has 1 N–H and O–H groups in total. The van der Waals surface area contributed by atoms with Crippen LogP contribution in [0.25, 0.3) is 0 Å². The molecular formula is C48H81N3O. The molecule has 0 aromatic carbocycles. The third-order valence-corrected chi connectivity index (χ3v) is 18.5. The maximum atomic E-state index is 13.2. The van der Waals surface area contributed by atoms with Crippen LogP contribution in [-0.4, -0.2) is 58.5 Å². The van der Waals surface area contributed by atoms with E-state index in [0.717, 1.165) is 65.7 Å². The van der Waals surface area contributed by atoms with Gasteiger partial charge in [0.15, 0.2) is 0 Å². The van der Waals surface area contributed by atoms with Crippen molar-refractivity contribution in [2.45, 2.75) is 242 Å². The van der Waals surface area contributed by atoms with Crippen LogP contribution in [0.1, 0.15) is 205 Å².